The van der Waals surface area contributed by atoms with Gasteiger partial charge in [0.05, 0.1) is 28.6 Å². The summed E-state index contributed by atoms with van der Waals surface area (Å²) in [5.74, 6) is -11.0. The molecule has 0 saturated heterocycles. The lowest BCUT2D eigenvalue weighted by Gasteiger charge is -2.17. The molecule has 15 heteroatoms. The van der Waals surface area contributed by atoms with E-state index in [2.05, 4.69) is 19.8 Å². The summed E-state index contributed by atoms with van der Waals surface area (Å²) in [5.41, 5.74) is 2.20. The van der Waals surface area contributed by atoms with Crippen LogP contribution in [0, 0.1) is 11.6 Å². The van der Waals surface area contributed by atoms with Gasteiger partial charge in [-0.3, -0.25) is 9.59 Å². The van der Waals surface area contributed by atoms with Crippen molar-refractivity contribution < 1.29 is 58.6 Å². The maximum Gasteiger partial charge on any atom is 0.573 e. The van der Waals surface area contributed by atoms with Crippen LogP contribution in [-0.2, 0) is 0 Å². The number of primary amides is 1. The van der Waals surface area contributed by atoms with Gasteiger partial charge in [0.1, 0.15) is 22.8 Å². The fourth-order valence-electron chi connectivity index (χ4n) is 2.86. The number of halogens is 7. The van der Waals surface area contributed by atoms with Crippen molar-refractivity contribution in [2.75, 3.05) is 12.4 Å². The van der Waals surface area contributed by atoms with E-state index >= 15 is 4.39 Å². The molecule has 0 radical (unpaired) electrons. The molecule has 37 heavy (non-hydrogen) atoms. The van der Waals surface area contributed by atoms with Crippen molar-refractivity contribution in [2.24, 2.45) is 5.73 Å². The largest absolute Gasteiger partial charge is 0.573 e. The standard InChI is InChI=1S/C22H14F7N3O5/c1-35-18-14(7-6-13(17(18)24)37-22(27,28)29)36-12-5-3-10(19(25)26)16(23)15(12)21(34)32-9-2-4-11(20(30)33)31-8-9/h2-8,19H,1H3,(H2,30,33)(H,32,34)/i1D3. The maximum atomic E-state index is 15.1. The molecule has 2 aromatic carbocycles. The topological polar surface area (TPSA) is 113 Å². The molecular weight excluding hydrogens is 519 g/mol. The SMILES string of the molecule is [2H]C([2H])([2H])Oc1c(Oc2ccc(C(F)F)c(F)c2C(=O)Nc2ccc(C(N)=O)nc2)ccc(OC(F)(F)F)c1F. The first-order chi connectivity index (χ1) is 18.5. The summed E-state index contributed by atoms with van der Waals surface area (Å²) in [6.07, 6.45) is -7.91. The Labute approximate surface area is 207 Å². The van der Waals surface area contributed by atoms with Crippen LogP contribution in [0.25, 0.3) is 0 Å². The van der Waals surface area contributed by atoms with Crippen LogP contribution in [0.4, 0.5) is 36.4 Å². The molecule has 0 spiro atoms. The van der Waals surface area contributed by atoms with E-state index < -0.39 is 77.4 Å². The molecule has 0 saturated carbocycles. The van der Waals surface area contributed by atoms with Crippen LogP contribution in [0.3, 0.4) is 0 Å². The zero-order valence-corrected chi connectivity index (χ0v) is 17.8. The number of nitrogens with one attached hydrogen (secondary N) is 1. The lowest BCUT2D eigenvalue weighted by atomic mass is 10.1. The minimum Gasteiger partial charge on any atom is -0.490 e. The minimum atomic E-state index is -5.40. The van der Waals surface area contributed by atoms with E-state index in [1.165, 1.54) is 0 Å². The van der Waals surface area contributed by atoms with Gasteiger partial charge in [0.2, 0.25) is 11.6 Å². The van der Waals surface area contributed by atoms with Crippen LogP contribution in [-0.4, -0.2) is 30.2 Å². The van der Waals surface area contributed by atoms with Crippen LogP contribution >= 0.6 is 0 Å². The molecule has 3 aromatic rings. The average molecular weight is 536 g/mol. The molecule has 3 rings (SSSR count). The second-order valence-corrected chi connectivity index (χ2v) is 6.85. The molecule has 0 unspecified atom stereocenters. The highest BCUT2D eigenvalue weighted by Gasteiger charge is 2.34. The predicted molar refractivity (Wildman–Crippen MR) is 112 cm³/mol. The van der Waals surface area contributed by atoms with Gasteiger partial charge in [-0.2, -0.15) is 4.39 Å². The smallest absolute Gasteiger partial charge is 0.490 e. The van der Waals surface area contributed by atoms with Crippen LogP contribution < -0.4 is 25.3 Å². The average Bonchev–Trinajstić information content (AvgIpc) is 2.81. The number of carbonyl (C=O) groups is 2. The summed E-state index contributed by atoms with van der Waals surface area (Å²) >= 11 is 0. The number of hydrogen-bond acceptors (Lipinski definition) is 6. The number of methoxy groups -OCH3 is 1. The molecule has 0 bridgehead atoms. The Morgan fingerprint density at radius 3 is 2.27 bits per heavy atom. The van der Waals surface area contributed by atoms with Crippen molar-refractivity contribution in [3.05, 3.63) is 71.1 Å². The zero-order chi connectivity index (χ0) is 30.0. The number of hydrogen-bond donors (Lipinski definition) is 2. The fourth-order valence-corrected chi connectivity index (χ4v) is 2.86. The van der Waals surface area contributed by atoms with E-state index in [0.29, 0.717) is 24.3 Å². The fraction of sp³-hybridized carbons (Fsp3) is 0.136. The number of amides is 2. The van der Waals surface area contributed by atoms with E-state index in [4.69, 9.17) is 14.6 Å². The Bertz CT molecular complexity index is 1440. The third-order valence-electron chi connectivity index (χ3n) is 4.44. The van der Waals surface area contributed by atoms with E-state index in [9.17, 15) is 35.9 Å². The van der Waals surface area contributed by atoms with Crippen LogP contribution in [0.15, 0.2) is 42.6 Å². The number of aromatic nitrogens is 1. The second kappa shape index (κ2) is 10.6. The number of ether oxygens (including phenoxy) is 3. The number of anilines is 1. The van der Waals surface area contributed by atoms with Crippen molar-refractivity contribution in [3.8, 4) is 23.0 Å². The number of pyridine rings is 1. The monoisotopic (exact) mass is 536 g/mol. The van der Waals surface area contributed by atoms with E-state index in [1.54, 1.807) is 0 Å². The first kappa shape index (κ1) is 22.9. The molecule has 0 aliphatic carbocycles. The van der Waals surface area contributed by atoms with Crippen molar-refractivity contribution in [3.63, 3.8) is 0 Å². The first-order valence-electron chi connectivity index (χ1n) is 11.1. The molecule has 0 aliphatic heterocycles. The summed E-state index contributed by atoms with van der Waals surface area (Å²) in [6, 6.07) is 4.23. The normalized spacial score (nSPS) is 12.8. The molecule has 3 N–H and O–H groups in total. The molecule has 8 nitrogen and oxygen atoms in total. The molecule has 1 aromatic heterocycles. The van der Waals surface area contributed by atoms with E-state index in [1.807, 2.05) is 0 Å². The molecule has 196 valence electrons. The van der Waals surface area contributed by atoms with Crippen molar-refractivity contribution in [1.29, 1.82) is 0 Å². The minimum absolute atomic E-state index is 0.172. The highest BCUT2D eigenvalue weighted by molar-refractivity contribution is 6.06. The van der Waals surface area contributed by atoms with Gasteiger partial charge < -0.3 is 25.3 Å². The van der Waals surface area contributed by atoms with Crippen molar-refractivity contribution >= 4 is 17.5 Å². The van der Waals surface area contributed by atoms with Gasteiger partial charge in [-0.15, -0.1) is 13.2 Å². The lowest BCUT2D eigenvalue weighted by Crippen LogP contribution is -2.18. The Hall–Kier alpha value is -4.56. The highest BCUT2D eigenvalue weighted by Crippen LogP contribution is 2.41. The summed E-state index contributed by atoms with van der Waals surface area (Å²) in [6.45, 7) is 0. The van der Waals surface area contributed by atoms with E-state index in [-0.39, 0.29) is 11.4 Å². The Kier molecular flexibility index (Phi) is 6.55. The molecule has 0 aliphatic rings. The summed E-state index contributed by atoms with van der Waals surface area (Å²) < 4.78 is 129. The van der Waals surface area contributed by atoms with Crippen LogP contribution in [0.1, 0.15) is 36.9 Å². The summed E-state index contributed by atoms with van der Waals surface area (Å²) in [4.78, 5) is 27.7. The lowest BCUT2D eigenvalue weighted by molar-refractivity contribution is -0.275. The maximum absolute atomic E-state index is 15.1. The van der Waals surface area contributed by atoms with Crippen LogP contribution in [0.5, 0.6) is 23.0 Å². The third kappa shape index (κ3) is 6.17. The van der Waals surface area contributed by atoms with Gasteiger partial charge in [-0.25, -0.2) is 18.2 Å². The van der Waals surface area contributed by atoms with Crippen molar-refractivity contribution in [1.82, 2.24) is 4.98 Å². The summed E-state index contributed by atoms with van der Waals surface area (Å²) in [5, 5.41) is 2.10. The summed E-state index contributed by atoms with van der Waals surface area (Å²) in [7, 11) is -3.45. The van der Waals surface area contributed by atoms with Gasteiger partial charge in [-0.05, 0) is 36.4 Å². The molecule has 0 fully saturated rings. The number of nitrogens with two attached hydrogens (primary N) is 1. The number of carbonyl (C=O) groups excluding carboxylic acids is 2. The number of alkyl halides is 5. The van der Waals surface area contributed by atoms with Crippen LogP contribution in [0.2, 0.25) is 0 Å². The van der Waals surface area contributed by atoms with Gasteiger partial charge >= 0.3 is 6.36 Å². The first-order valence-corrected chi connectivity index (χ1v) is 9.59. The van der Waals surface area contributed by atoms with E-state index in [0.717, 1.165) is 18.3 Å². The number of benzene rings is 2. The Morgan fingerprint density at radius 2 is 1.70 bits per heavy atom. The van der Waals surface area contributed by atoms with Gasteiger partial charge in [-0.1, -0.05) is 0 Å². The molecule has 1 heterocycles. The predicted octanol–water partition coefficient (Wildman–Crippen LogP) is 5.35. The highest BCUT2D eigenvalue weighted by atomic mass is 19.4. The number of nitrogens with zero attached hydrogens (tertiary/aromatic N) is 1. The van der Waals surface area contributed by atoms with Crippen molar-refractivity contribution in [2.45, 2.75) is 12.8 Å². The Morgan fingerprint density at radius 1 is 1.03 bits per heavy atom. The molecule has 0 atom stereocenters. The molecule has 2 amide bonds. The molecular formula is C22H14F7N3O5. The van der Waals surface area contributed by atoms with Gasteiger partial charge in [0.15, 0.2) is 11.5 Å². The Balaban J connectivity index is 2.10. The number of rotatable bonds is 8. The van der Waals surface area contributed by atoms with Gasteiger partial charge in [0, 0.05) is 0 Å². The second-order valence-electron chi connectivity index (χ2n) is 6.85. The third-order valence-corrected chi connectivity index (χ3v) is 4.44. The zero-order valence-electron chi connectivity index (χ0n) is 20.8. The van der Waals surface area contributed by atoms with Gasteiger partial charge in [0.25, 0.3) is 18.2 Å². The quantitative estimate of drug-likeness (QED) is 0.376.